The van der Waals surface area contributed by atoms with Gasteiger partial charge in [-0.25, -0.2) is 0 Å². The van der Waals surface area contributed by atoms with Crippen LogP contribution in [0.15, 0.2) is 103 Å². The molecule has 0 fully saturated rings. The molecule has 5 aromatic carbocycles. The predicted octanol–water partition coefficient (Wildman–Crippen LogP) is 5.44. The Bertz CT molecular complexity index is 1460. The molecule has 138 valence electrons. The average molecular weight is 378 g/mol. The molecule has 5 aromatic rings. The predicted molar refractivity (Wildman–Crippen MR) is 128 cm³/mol. The van der Waals surface area contributed by atoms with Crippen LogP contribution in [-0.4, -0.2) is 7.85 Å². The van der Waals surface area contributed by atoms with Crippen molar-refractivity contribution in [1.82, 2.24) is 0 Å². The van der Waals surface area contributed by atoms with Crippen molar-refractivity contribution in [2.24, 2.45) is 0 Å². The van der Waals surface area contributed by atoms with Crippen molar-refractivity contribution in [1.29, 1.82) is 0 Å². The van der Waals surface area contributed by atoms with Gasteiger partial charge in [-0.05, 0) is 55.3 Å². The van der Waals surface area contributed by atoms with Crippen LogP contribution in [-0.2, 0) is 5.41 Å². The van der Waals surface area contributed by atoms with Gasteiger partial charge < -0.3 is 0 Å². The second kappa shape index (κ2) is 5.52. The van der Waals surface area contributed by atoms with Crippen molar-refractivity contribution in [3.63, 3.8) is 0 Å². The van der Waals surface area contributed by atoms with Crippen LogP contribution in [0.4, 0.5) is 0 Å². The minimum Gasteiger partial charge on any atom is -0.0883 e. The molecule has 0 heterocycles. The molecule has 0 radical (unpaired) electrons. The third-order valence-corrected chi connectivity index (χ3v) is 7.13. The van der Waals surface area contributed by atoms with Gasteiger partial charge in [-0.1, -0.05) is 109 Å². The van der Waals surface area contributed by atoms with Gasteiger partial charge >= 0.3 is 0 Å². The van der Waals surface area contributed by atoms with E-state index >= 15 is 0 Å². The third kappa shape index (κ3) is 1.75. The Morgan fingerprint density at radius 2 is 1.03 bits per heavy atom. The van der Waals surface area contributed by atoms with E-state index in [9.17, 15) is 0 Å². The second-order valence-corrected chi connectivity index (χ2v) is 8.60. The van der Waals surface area contributed by atoms with Gasteiger partial charge in [0.25, 0.3) is 0 Å². The lowest BCUT2D eigenvalue weighted by atomic mass is 9.61. The van der Waals surface area contributed by atoms with Gasteiger partial charge in [0, 0.05) is 0 Å². The Kier molecular flexibility index (Phi) is 2.99. The number of fused-ring (bicyclic) bond motifs is 9. The topological polar surface area (TPSA) is 0 Å². The first-order valence-corrected chi connectivity index (χ1v) is 10.6. The normalized spacial score (nSPS) is 14.4. The van der Waals surface area contributed by atoms with Gasteiger partial charge in [0.15, 0.2) is 0 Å². The first-order valence-electron chi connectivity index (χ1n) is 10.6. The van der Waals surface area contributed by atoms with E-state index in [2.05, 4.69) is 111 Å². The van der Waals surface area contributed by atoms with Crippen molar-refractivity contribution < 1.29 is 0 Å². The lowest BCUT2D eigenvalue weighted by Crippen LogP contribution is -2.32. The highest BCUT2D eigenvalue weighted by atomic mass is 14.5. The van der Waals surface area contributed by atoms with E-state index in [1.54, 1.807) is 0 Å². The zero-order valence-electron chi connectivity index (χ0n) is 16.8. The van der Waals surface area contributed by atoms with Crippen LogP contribution in [0.25, 0.3) is 33.0 Å². The molecule has 0 nitrogen and oxygen atoms in total. The highest BCUT2D eigenvalue weighted by Crippen LogP contribution is 2.61. The summed E-state index contributed by atoms with van der Waals surface area (Å²) in [5.74, 6) is 0. The Balaban J connectivity index is 1.80. The fourth-order valence-corrected chi connectivity index (χ4v) is 6.05. The highest BCUT2D eigenvalue weighted by Gasteiger charge is 2.49. The van der Waals surface area contributed by atoms with Crippen LogP contribution in [0, 0.1) is 0 Å². The lowest BCUT2D eigenvalue weighted by molar-refractivity contribution is 0.774. The Hall–Kier alpha value is -3.58. The molecule has 0 unspecified atom stereocenters. The van der Waals surface area contributed by atoms with Crippen LogP contribution in [0.3, 0.4) is 0 Å². The SMILES string of the molecule is Bc1ccc2c(c1)-c1cccc3cccc(c13)C21c2ccccc2-c2ccccc21. The fourth-order valence-electron chi connectivity index (χ4n) is 6.05. The number of benzene rings is 5. The van der Waals surface area contributed by atoms with Crippen molar-refractivity contribution >= 4 is 24.1 Å². The number of hydrogen-bond donors (Lipinski definition) is 0. The molecule has 0 bridgehead atoms. The van der Waals surface area contributed by atoms with Crippen LogP contribution in [0.5, 0.6) is 0 Å². The summed E-state index contributed by atoms with van der Waals surface area (Å²) >= 11 is 0. The molecule has 0 aliphatic heterocycles. The highest BCUT2D eigenvalue weighted by molar-refractivity contribution is 6.32. The summed E-state index contributed by atoms with van der Waals surface area (Å²) in [5, 5.41) is 2.71. The van der Waals surface area contributed by atoms with E-state index in [4.69, 9.17) is 0 Å². The summed E-state index contributed by atoms with van der Waals surface area (Å²) in [4.78, 5) is 0. The van der Waals surface area contributed by atoms with Crippen molar-refractivity contribution in [3.05, 3.63) is 125 Å². The minimum absolute atomic E-state index is 0.274. The standard InChI is InChI=1S/C29H19B/c30-19-15-16-26-23(17-19)22-11-5-7-18-8-6-14-27(28(18)22)29(26)24-12-3-1-9-20(24)21-10-2-4-13-25(21)29/h1-17H,30H2. The van der Waals surface area contributed by atoms with Crippen LogP contribution in [0.2, 0.25) is 0 Å². The van der Waals surface area contributed by atoms with Gasteiger partial charge in [-0.15, -0.1) is 0 Å². The monoisotopic (exact) mass is 378 g/mol. The minimum atomic E-state index is -0.274. The van der Waals surface area contributed by atoms with Gasteiger partial charge in [0.1, 0.15) is 7.85 Å². The molecule has 1 spiro atoms. The Morgan fingerprint density at radius 1 is 0.467 bits per heavy atom. The van der Waals surface area contributed by atoms with E-state index in [0.717, 1.165) is 0 Å². The van der Waals surface area contributed by atoms with Gasteiger partial charge in [-0.2, -0.15) is 0 Å². The Morgan fingerprint density at radius 3 is 1.77 bits per heavy atom. The first-order chi connectivity index (χ1) is 14.8. The maximum atomic E-state index is 2.38. The zero-order chi connectivity index (χ0) is 19.9. The van der Waals surface area contributed by atoms with Gasteiger partial charge in [0.05, 0.1) is 5.41 Å². The van der Waals surface area contributed by atoms with E-state index in [1.165, 1.54) is 60.7 Å². The summed E-state index contributed by atoms with van der Waals surface area (Å²) in [5.41, 5.74) is 12.1. The smallest absolute Gasteiger partial charge is 0.0883 e. The van der Waals surface area contributed by atoms with Crippen LogP contribution < -0.4 is 5.46 Å². The molecule has 30 heavy (non-hydrogen) atoms. The first kappa shape index (κ1) is 16.2. The summed E-state index contributed by atoms with van der Waals surface area (Å²) in [7, 11) is 2.20. The molecule has 0 N–H and O–H groups in total. The number of rotatable bonds is 0. The van der Waals surface area contributed by atoms with E-state index in [0.29, 0.717) is 0 Å². The molecule has 1 heteroatoms. The largest absolute Gasteiger partial charge is 0.139 e. The molecule has 0 aromatic heterocycles. The van der Waals surface area contributed by atoms with E-state index < -0.39 is 0 Å². The number of hydrogen-bond acceptors (Lipinski definition) is 0. The molecular weight excluding hydrogens is 359 g/mol. The molecule has 0 saturated carbocycles. The zero-order valence-corrected chi connectivity index (χ0v) is 16.8. The summed E-state index contributed by atoms with van der Waals surface area (Å²) in [6, 6.07) is 38.6. The van der Waals surface area contributed by atoms with Crippen molar-refractivity contribution in [3.8, 4) is 22.3 Å². The molecule has 7 rings (SSSR count). The summed E-state index contributed by atoms with van der Waals surface area (Å²) in [6.45, 7) is 0. The summed E-state index contributed by atoms with van der Waals surface area (Å²) in [6.07, 6.45) is 0. The van der Waals surface area contributed by atoms with Gasteiger partial charge in [0.2, 0.25) is 0 Å². The molecule has 2 aliphatic carbocycles. The van der Waals surface area contributed by atoms with Crippen molar-refractivity contribution in [2.45, 2.75) is 5.41 Å². The van der Waals surface area contributed by atoms with E-state index in [-0.39, 0.29) is 5.41 Å². The lowest BCUT2D eigenvalue weighted by Gasteiger charge is -2.40. The quantitative estimate of drug-likeness (QED) is 0.308. The maximum Gasteiger partial charge on any atom is 0.139 e. The second-order valence-electron chi connectivity index (χ2n) is 8.60. The van der Waals surface area contributed by atoms with Gasteiger partial charge in [-0.3, -0.25) is 0 Å². The third-order valence-electron chi connectivity index (χ3n) is 7.13. The van der Waals surface area contributed by atoms with Crippen molar-refractivity contribution in [2.75, 3.05) is 0 Å². The van der Waals surface area contributed by atoms with Crippen LogP contribution >= 0.6 is 0 Å². The molecule has 0 atom stereocenters. The average Bonchev–Trinajstić information content (AvgIpc) is 3.09. The Labute approximate surface area is 177 Å². The van der Waals surface area contributed by atoms with E-state index in [1.807, 2.05) is 0 Å². The maximum absolute atomic E-state index is 2.38. The molecule has 0 saturated heterocycles. The molecule has 0 amide bonds. The fraction of sp³-hybridized carbons (Fsp3) is 0.0345. The summed E-state index contributed by atoms with van der Waals surface area (Å²) < 4.78 is 0. The molecular formula is C29H19B. The van der Waals surface area contributed by atoms with Crippen LogP contribution in [0.1, 0.15) is 22.3 Å². The molecule has 2 aliphatic rings.